The molecular formula is C18H23N5O3. The van der Waals surface area contributed by atoms with Gasteiger partial charge in [0, 0.05) is 44.5 Å². The number of aromatic nitrogens is 2. The van der Waals surface area contributed by atoms with Gasteiger partial charge in [0.2, 0.25) is 5.91 Å². The van der Waals surface area contributed by atoms with Crippen LogP contribution in [0.3, 0.4) is 0 Å². The lowest BCUT2D eigenvalue weighted by Gasteiger charge is -2.21. The molecule has 0 bridgehead atoms. The Labute approximate surface area is 150 Å². The summed E-state index contributed by atoms with van der Waals surface area (Å²) in [6, 6.07) is 10.5. The van der Waals surface area contributed by atoms with Crippen molar-refractivity contribution in [2.75, 3.05) is 13.6 Å². The number of H-pyrrole nitrogens is 1. The Balaban J connectivity index is 1.58. The number of hydrazine groups is 1. The summed E-state index contributed by atoms with van der Waals surface area (Å²) in [5.74, 6) is -0.167. The molecular weight excluding hydrogens is 334 g/mol. The lowest BCUT2D eigenvalue weighted by molar-refractivity contribution is -0.129. The van der Waals surface area contributed by atoms with Gasteiger partial charge in [-0.25, -0.2) is 10.2 Å². The van der Waals surface area contributed by atoms with Crippen molar-refractivity contribution in [3.63, 3.8) is 0 Å². The summed E-state index contributed by atoms with van der Waals surface area (Å²) >= 11 is 0. The largest absolute Gasteiger partial charge is 0.344 e. The van der Waals surface area contributed by atoms with Gasteiger partial charge in [0.05, 0.1) is 6.42 Å². The Hall–Kier alpha value is -2.71. The third kappa shape index (κ3) is 3.92. The van der Waals surface area contributed by atoms with E-state index in [1.807, 2.05) is 18.2 Å². The molecule has 1 aromatic heterocycles. The molecule has 1 aromatic carbocycles. The van der Waals surface area contributed by atoms with Crippen LogP contribution in [-0.4, -0.2) is 40.0 Å². The average molecular weight is 357 g/mol. The van der Waals surface area contributed by atoms with Crippen molar-refractivity contribution in [1.82, 2.24) is 25.3 Å². The summed E-state index contributed by atoms with van der Waals surface area (Å²) in [5.41, 5.74) is 7.03. The Morgan fingerprint density at radius 1 is 1.23 bits per heavy atom. The fourth-order valence-electron chi connectivity index (χ4n) is 3.12. The number of amides is 1. The molecule has 0 radical (unpaired) electrons. The van der Waals surface area contributed by atoms with Crippen LogP contribution in [0.25, 0.3) is 0 Å². The topological polar surface area (TPSA) is 99.2 Å². The minimum absolute atomic E-state index is 0.0395. The van der Waals surface area contributed by atoms with E-state index in [9.17, 15) is 14.4 Å². The second kappa shape index (κ2) is 7.67. The van der Waals surface area contributed by atoms with Crippen LogP contribution in [0.1, 0.15) is 23.6 Å². The van der Waals surface area contributed by atoms with Crippen LogP contribution in [0.5, 0.6) is 0 Å². The van der Waals surface area contributed by atoms with Crippen LogP contribution in [0, 0.1) is 0 Å². The van der Waals surface area contributed by atoms with Crippen molar-refractivity contribution in [2.24, 2.45) is 7.05 Å². The normalized spacial score (nSPS) is 19.5. The standard InChI is InChI=1S/C18H23N5O3/c1-22(16(24)8-13-10-19-18(26)23(2)17(13)25)11-14-9-15(21-20-14)12-6-4-3-5-7-12/h3-7,10,14-15,20-21H,8-9,11H2,1-2H3,(H,19,26). The maximum atomic E-state index is 12.4. The summed E-state index contributed by atoms with van der Waals surface area (Å²) in [6.07, 6.45) is 2.14. The molecule has 8 nitrogen and oxygen atoms in total. The first-order valence-electron chi connectivity index (χ1n) is 8.53. The molecule has 0 saturated carbocycles. The summed E-state index contributed by atoms with van der Waals surface area (Å²) in [6.45, 7) is 0.527. The highest BCUT2D eigenvalue weighted by atomic mass is 16.2. The molecule has 2 aromatic rings. The molecule has 1 fully saturated rings. The number of carbonyl (C=O) groups excluding carboxylic acids is 1. The van der Waals surface area contributed by atoms with Gasteiger partial charge in [-0.2, -0.15) is 0 Å². The molecule has 1 amide bonds. The quantitative estimate of drug-likeness (QED) is 0.681. The van der Waals surface area contributed by atoms with Gasteiger partial charge in [-0.15, -0.1) is 0 Å². The Kier molecular flexibility index (Phi) is 5.34. The fraction of sp³-hybridized carbons (Fsp3) is 0.389. The lowest BCUT2D eigenvalue weighted by Crippen LogP contribution is -2.42. The minimum Gasteiger partial charge on any atom is -0.344 e. The minimum atomic E-state index is -0.493. The fourth-order valence-corrected chi connectivity index (χ4v) is 3.12. The zero-order valence-corrected chi connectivity index (χ0v) is 14.9. The molecule has 2 atom stereocenters. The van der Waals surface area contributed by atoms with Crippen LogP contribution < -0.4 is 22.1 Å². The number of rotatable bonds is 5. The number of aromatic amines is 1. The SMILES string of the molecule is CN(CC1CC(c2ccccc2)NN1)C(=O)Cc1c[nH]c(=O)n(C)c1=O. The Morgan fingerprint density at radius 2 is 1.96 bits per heavy atom. The third-order valence-corrected chi connectivity index (χ3v) is 4.70. The second-order valence-corrected chi connectivity index (χ2v) is 6.62. The molecule has 2 unspecified atom stereocenters. The van der Waals surface area contributed by atoms with E-state index in [-0.39, 0.29) is 30.0 Å². The monoisotopic (exact) mass is 357 g/mol. The van der Waals surface area contributed by atoms with Gasteiger partial charge >= 0.3 is 5.69 Å². The highest BCUT2D eigenvalue weighted by Gasteiger charge is 2.27. The van der Waals surface area contributed by atoms with Crippen LogP contribution in [0.15, 0.2) is 46.1 Å². The predicted molar refractivity (Wildman–Crippen MR) is 97.5 cm³/mol. The van der Waals surface area contributed by atoms with E-state index in [4.69, 9.17) is 0 Å². The highest BCUT2D eigenvalue weighted by molar-refractivity contribution is 5.78. The van der Waals surface area contributed by atoms with E-state index in [0.29, 0.717) is 6.54 Å². The summed E-state index contributed by atoms with van der Waals surface area (Å²) in [5, 5.41) is 0. The van der Waals surface area contributed by atoms with Crippen molar-refractivity contribution in [3.8, 4) is 0 Å². The molecule has 1 saturated heterocycles. The first-order chi connectivity index (χ1) is 12.5. The molecule has 3 N–H and O–H groups in total. The van der Waals surface area contributed by atoms with Crippen LogP contribution in [-0.2, 0) is 18.3 Å². The van der Waals surface area contributed by atoms with Gasteiger partial charge in [-0.05, 0) is 12.0 Å². The van der Waals surface area contributed by atoms with Gasteiger partial charge in [-0.3, -0.25) is 19.6 Å². The van der Waals surface area contributed by atoms with Crippen molar-refractivity contribution >= 4 is 5.91 Å². The van der Waals surface area contributed by atoms with Gasteiger partial charge < -0.3 is 9.88 Å². The van der Waals surface area contributed by atoms with Gasteiger partial charge in [0.25, 0.3) is 5.56 Å². The average Bonchev–Trinajstić information content (AvgIpc) is 3.11. The number of hydrogen-bond donors (Lipinski definition) is 3. The molecule has 138 valence electrons. The van der Waals surface area contributed by atoms with Gasteiger partial charge in [-0.1, -0.05) is 30.3 Å². The molecule has 0 aliphatic carbocycles. The lowest BCUT2D eigenvalue weighted by atomic mass is 10.0. The van der Waals surface area contributed by atoms with Gasteiger partial charge in [0.1, 0.15) is 0 Å². The van der Waals surface area contributed by atoms with Gasteiger partial charge in [0.15, 0.2) is 0 Å². The zero-order valence-electron chi connectivity index (χ0n) is 14.9. The van der Waals surface area contributed by atoms with Crippen LogP contribution in [0.4, 0.5) is 0 Å². The number of likely N-dealkylation sites (N-methyl/N-ethyl adjacent to an activating group) is 1. The molecule has 1 aliphatic heterocycles. The molecule has 0 spiro atoms. The summed E-state index contributed by atoms with van der Waals surface area (Å²) in [4.78, 5) is 39.9. The number of benzene rings is 1. The van der Waals surface area contributed by atoms with Crippen LogP contribution >= 0.6 is 0 Å². The maximum Gasteiger partial charge on any atom is 0.328 e. The zero-order chi connectivity index (χ0) is 18.7. The van der Waals surface area contributed by atoms with Crippen molar-refractivity contribution < 1.29 is 4.79 Å². The van der Waals surface area contributed by atoms with Crippen molar-refractivity contribution in [1.29, 1.82) is 0 Å². The molecule has 1 aliphatic rings. The number of nitrogens with one attached hydrogen (secondary N) is 3. The van der Waals surface area contributed by atoms with Crippen molar-refractivity contribution in [2.45, 2.75) is 24.9 Å². The number of nitrogens with zero attached hydrogens (tertiary/aromatic N) is 2. The first-order valence-corrected chi connectivity index (χ1v) is 8.53. The first kappa shape index (κ1) is 18.1. The molecule has 8 heteroatoms. The second-order valence-electron chi connectivity index (χ2n) is 6.62. The number of hydrogen-bond acceptors (Lipinski definition) is 5. The van der Waals surface area contributed by atoms with E-state index >= 15 is 0 Å². The smallest absolute Gasteiger partial charge is 0.328 e. The maximum absolute atomic E-state index is 12.4. The van der Waals surface area contributed by atoms with E-state index in [2.05, 4.69) is 28.0 Å². The molecule has 3 rings (SSSR count). The Bertz CT molecular complexity index is 890. The highest BCUT2D eigenvalue weighted by Crippen LogP contribution is 2.22. The van der Waals surface area contributed by atoms with E-state index < -0.39 is 11.2 Å². The number of carbonyl (C=O) groups is 1. The van der Waals surface area contributed by atoms with E-state index in [0.717, 1.165) is 11.0 Å². The van der Waals surface area contributed by atoms with Crippen molar-refractivity contribution in [3.05, 3.63) is 68.5 Å². The summed E-state index contributed by atoms with van der Waals surface area (Å²) < 4.78 is 0.968. The molecule has 26 heavy (non-hydrogen) atoms. The summed E-state index contributed by atoms with van der Waals surface area (Å²) in [7, 11) is 3.10. The third-order valence-electron chi connectivity index (χ3n) is 4.70. The predicted octanol–water partition coefficient (Wildman–Crippen LogP) is -0.318. The molecule has 2 heterocycles. The van der Waals surface area contributed by atoms with Crippen LogP contribution in [0.2, 0.25) is 0 Å². The van der Waals surface area contributed by atoms with E-state index in [1.54, 1.807) is 11.9 Å². The van der Waals surface area contributed by atoms with E-state index in [1.165, 1.54) is 18.8 Å². The Morgan fingerprint density at radius 3 is 2.69 bits per heavy atom.